The molecule has 0 atom stereocenters. The topological polar surface area (TPSA) is 143 Å². The molecule has 1 aliphatic heterocycles. The third kappa shape index (κ3) is 3.32. The summed E-state index contributed by atoms with van der Waals surface area (Å²) in [6, 6.07) is 9.26. The number of nitrogens with zero attached hydrogens (tertiary/aromatic N) is 3. The van der Waals surface area contributed by atoms with Crippen molar-refractivity contribution < 1.29 is 18.0 Å². The molecule has 1 aromatic carbocycles. The molecule has 0 unspecified atom stereocenters. The standard InChI is InChI=1S/C11H8N6O4S2/c18-8-7(9(19)17-23(20,21)16-8)12-14-11-15-13-10(22-11)6-4-2-1-3-5-6/h1-5H,(H,14,15)(H,16,18)(H,17,19). The van der Waals surface area contributed by atoms with Crippen molar-refractivity contribution in [3.63, 3.8) is 0 Å². The Hall–Kier alpha value is -2.86. The smallest absolute Gasteiger partial charge is 0.266 e. The van der Waals surface area contributed by atoms with Crippen molar-refractivity contribution >= 4 is 44.2 Å². The van der Waals surface area contributed by atoms with E-state index in [1.54, 1.807) is 9.44 Å². The van der Waals surface area contributed by atoms with Crippen LogP contribution in [0.4, 0.5) is 5.13 Å². The summed E-state index contributed by atoms with van der Waals surface area (Å²) in [6.07, 6.45) is 0. The highest BCUT2D eigenvalue weighted by Gasteiger charge is 2.33. The van der Waals surface area contributed by atoms with Crippen molar-refractivity contribution in [3.05, 3.63) is 30.3 Å². The molecular formula is C11H8N6O4S2. The molecular weight excluding hydrogens is 344 g/mol. The molecule has 0 bridgehead atoms. The molecule has 0 saturated carbocycles. The van der Waals surface area contributed by atoms with Crippen LogP contribution in [0.2, 0.25) is 0 Å². The van der Waals surface area contributed by atoms with E-state index in [9.17, 15) is 18.0 Å². The lowest BCUT2D eigenvalue weighted by atomic mass is 10.2. The van der Waals surface area contributed by atoms with Gasteiger partial charge in [-0.3, -0.25) is 15.0 Å². The van der Waals surface area contributed by atoms with Crippen molar-refractivity contribution in [2.45, 2.75) is 0 Å². The second-order valence-electron chi connectivity index (χ2n) is 4.22. The number of benzene rings is 1. The maximum Gasteiger partial charge on any atom is 0.326 e. The van der Waals surface area contributed by atoms with Gasteiger partial charge in [-0.25, -0.2) is 9.44 Å². The molecule has 23 heavy (non-hydrogen) atoms. The highest BCUT2D eigenvalue weighted by Crippen LogP contribution is 2.25. The van der Waals surface area contributed by atoms with Crippen LogP contribution in [0.1, 0.15) is 0 Å². The Bertz CT molecular complexity index is 880. The molecule has 118 valence electrons. The van der Waals surface area contributed by atoms with Crippen LogP contribution in [-0.2, 0) is 19.8 Å². The number of hydrazone groups is 1. The van der Waals surface area contributed by atoms with E-state index in [0.29, 0.717) is 5.01 Å². The number of hydrogen-bond acceptors (Lipinski definition) is 9. The third-order valence-corrected chi connectivity index (χ3v) is 4.38. The van der Waals surface area contributed by atoms with E-state index in [1.165, 1.54) is 0 Å². The maximum atomic E-state index is 11.5. The van der Waals surface area contributed by atoms with Gasteiger partial charge in [0.05, 0.1) is 0 Å². The fourth-order valence-electron chi connectivity index (χ4n) is 1.64. The molecule has 0 aliphatic carbocycles. The van der Waals surface area contributed by atoms with Crippen LogP contribution in [0.25, 0.3) is 10.6 Å². The molecule has 1 saturated heterocycles. The molecule has 1 aromatic heterocycles. The van der Waals surface area contributed by atoms with Crippen LogP contribution in [0.15, 0.2) is 35.4 Å². The number of amides is 2. The highest BCUT2D eigenvalue weighted by molar-refractivity contribution is 7.89. The fraction of sp³-hybridized carbons (Fsp3) is 0. The number of rotatable bonds is 3. The Morgan fingerprint density at radius 3 is 2.35 bits per heavy atom. The highest BCUT2D eigenvalue weighted by atomic mass is 32.2. The quantitative estimate of drug-likeness (QED) is 0.630. The second kappa shape index (κ2) is 5.73. The predicted molar refractivity (Wildman–Crippen MR) is 81.6 cm³/mol. The Balaban J connectivity index is 1.77. The number of aromatic nitrogens is 2. The minimum absolute atomic E-state index is 0.241. The molecule has 2 aromatic rings. The number of carbonyl (C=O) groups is 2. The van der Waals surface area contributed by atoms with E-state index < -0.39 is 27.7 Å². The lowest BCUT2D eigenvalue weighted by Crippen LogP contribution is -2.56. The van der Waals surface area contributed by atoms with Crippen molar-refractivity contribution in [2.75, 3.05) is 5.43 Å². The normalized spacial score (nSPS) is 16.4. The number of nitrogens with one attached hydrogen (secondary N) is 3. The lowest BCUT2D eigenvalue weighted by Gasteiger charge is -2.14. The van der Waals surface area contributed by atoms with E-state index in [-0.39, 0.29) is 5.13 Å². The maximum absolute atomic E-state index is 11.5. The summed E-state index contributed by atoms with van der Waals surface area (Å²) in [4.78, 5) is 23.0. The summed E-state index contributed by atoms with van der Waals surface area (Å²) in [7, 11) is -4.16. The molecule has 0 spiro atoms. The summed E-state index contributed by atoms with van der Waals surface area (Å²) in [5.74, 6) is -2.26. The summed E-state index contributed by atoms with van der Waals surface area (Å²) >= 11 is 1.15. The van der Waals surface area contributed by atoms with E-state index in [2.05, 4.69) is 20.7 Å². The Morgan fingerprint density at radius 1 is 1.04 bits per heavy atom. The van der Waals surface area contributed by atoms with Gasteiger partial charge in [0.15, 0.2) is 0 Å². The minimum Gasteiger partial charge on any atom is -0.266 e. The van der Waals surface area contributed by atoms with Crippen LogP contribution in [0.3, 0.4) is 0 Å². The first-order chi connectivity index (χ1) is 10.9. The Morgan fingerprint density at radius 2 is 1.70 bits per heavy atom. The first-order valence-electron chi connectivity index (χ1n) is 6.06. The van der Waals surface area contributed by atoms with Gasteiger partial charge in [0, 0.05) is 5.56 Å². The zero-order valence-electron chi connectivity index (χ0n) is 11.2. The van der Waals surface area contributed by atoms with E-state index in [4.69, 9.17) is 0 Å². The molecule has 2 heterocycles. The summed E-state index contributed by atoms with van der Waals surface area (Å²) in [6.45, 7) is 0. The van der Waals surface area contributed by atoms with Gasteiger partial charge in [0.25, 0.3) is 11.8 Å². The zero-order valence-corrected chi connectivity index (χ0v) is 12.8. The van der Waals surface area contributed by atoms with Crippen molar-refractivity contribution in [2.24, 2.45) is 5.10 Å². The van der Waals surface area contributed by atoms with Crippen molar-refractivity contribution in [1.29, 1.82) is 0 Å². The lowest BCUT2D eigenvalue weighted by molar-refractivity contribution is -0.118. The monoisotopic (exact) mass is 352 g/mol. The van der Waals surface area contributed by atoms with Gasteiger partial charge in [-0.15, -0.1) is 10.2 Å². The summed E-state index contributed by atoms with van der Waals surface area (Å²) < 4.78 is 25.4. The van der Waals surface area contributed by atoms with E-state index in [1.807, 2.05) is 30.3 Å². The molecule has 12 heteroatoms. The second-order valence-corrected chi connectivity index (χ2v) is 6.61. The fourth-order valence-corrected chi connectivity index (χ4v) is 3.06. The zero-order chi connectivity index (χ0) is 16.4. The number of anilines is 1. The van der Waals surface area contributed by atoms with Gasteiger partial charge in [0.1, 0.15) is 5.01 Å². The van der Waals surface area contributed by atoms with Gasteiger partial charge in [0.2, 0.25) is 10.8 Å². The molecule has 1 fully saturated rings. The van der Waals surface area contributed by atoms with Crippen molar-refractivity contribution in [1.82, 2.24) is 19.6 Å². The van der Waals surface area contributed by atoms with Crippen LogP contribution < -0.4 is 14.9 Å². The van der Waals surface area contributed by atoms with Gasteiger partial charge < -0.3 is 0 Å². The SMILES string of the molecule is O=C1NS(=O)(=O)NC(=O)C1=NNc1nnc(-c2ccccc2)s1. The average molecular weight is 352 g/mol. The number of carbonyl (C=O) groups excluding carboxylic acids is 2. The first kappa shape index (κ1) is 15.1. The molecule has 3 rings (SSSR count). The summed E-state index contributed by atoms with van der Waals surface area (Å²) in [5, 5.41) is 12.2. The van der Waals surface area contributed by atoms with Gasteiger partial charge >= 0.3 is 10.2 Å². The third-order valence-electron chi connectivity index (χ3n) is 2.59. The number of hydrogen-bond donors (Lipinski definition) is 3. The Labute approximate surface area is 133 Å². The molecule has 1 aliphatic rings. The first-order valence-corrected chi connectivity index (χ1v) is 8.36. The average Bonchev–Trinajstić information content (AvgIpc) is 2.95. The summed E-state index contributed by atoms with van der Waals surface area (Å²) in [5.41, 5.74) is 2.63. The predicted octanol–water partition coefficient (Wildman–Crippen LogP) is -0.536. The van der Waals surface area contributed by atoms with Crippen LogP contribution in [0, 0.1) is 0 Å². The van der Waals surface area contributed by atoms with Gasteiger partial charge in [-0.2, -0.15) is 13.5 Å². The van der Waals surface area contributed by atoms with Crippen molar-refractivity contribution in [3.8, 4) is 10.6 Å². The van der Waals surface area contributed by atoms with Crippen LogP contribution in [-0.4, -0.2) is 36.1 Å². The molecule has 0 radical (unpaired) electrons. The van der Waals surface area contributed by atoms with Gasteiger partial charge in [-0.1, -0.05) is 41.7 Å². The van der Waals surface area contributed by atoms with Crippen LogP contribution >= 0.6 is 11.3 Å². The van der Waals surface area contributed by atoms with E-state index in [0.717, 1.165) is 16.9 Å². The molecule has 10 nitrogen and oxygen atoms in total. The minimum atomic E-state index is -4.16. The van der Waals surface area contributed by atoms with Gasteiger partial charge in [-0.05, 0) is 0 Å². The molecule has 3 N–H and O–H groups in total. The molecule has 2 amide bonds. The van der Waals surface area contributed by atoms with Crippen LogP contribution in [0.5, 0.6) is 0 Å². The largest absolute Gasteiger partial charge is 0.326 e. The van der Waals surface area contributed by atoms with E-state index >= 15 is 0 Å². The Kier molecular flexibility index (Phi) is 3.75.